The van der Waals surface area contributed by atoms with E-state index < -0.39 is 0 Å². The second-order valence-electron chi connectivity index (χ2n) is 11.4. The summed E-state index contributed by atoms with van der Waals surface area (Å²) in [4.78, 5) is 24.0. The van der Waals surface area contributed by atoms with Crippen LogP contribution >= 0.6 is 0 Å². The van der Waals surface area contributed by atoms with E-state index in [1.54, 1.807) is 0 Å². The Kier molecular flexibility index (Phi) is 8.47. The summed E-state index contributed by atoms with van der Waals surface area (Å²) in [5.41, 5.74) is 3.70. The normalized spacial score (nSPS) is 25.5. The van der Waals surface area contributed by atoms with Crippen LogP contribution in [-0.4, -0.2) is 65.8 Å². The van der Waals surface area contributed by atoms with E-state index in [4.69, 9.17) is 9.57 Å². The smallest absolute Gasteiger partial charge is 0.410 e. The van der Waals surface area contributed by atoms with Crippen LogP contribution in [-0.2, 0) is 16.2 Å². The minimum absolute atomic E-state index is 0.135. The van der Waals surface area contributed by atoms with Gasteiger partial charge < -0.3 is 14.5 Å². The van der Waals surface area contributed by atoms with Gasteiger partial charge in [-0.1, -0.05) is 91.0 Å². The lowest BCUT2D eigenvalue weighted by Crippen LogP contribution is -2.49. The largest absolute Gasteiger partial charge is 0.445 e. The van der Waals surface area contributed by atoms with Crippen molar-refractivity contribution in [1.82, 2.24) is 14.9 Å². The fourth-order valence-electron chi connectivity index (χ4n) is 7.00. The van der Waals surface area contributed by atoms with Crippen LogP contribution < -0.4 is 0 Å². The summed E-state index contributed by atoms with van der Waals surface area (Å²) in [6.07, 6.45) is 2.93. The topological polar surface area (TPSA) is 45.2 Å². The van der Waals surface area contributed by atoms with Crippen molar-refractivity contribution < 1.29 is 14.4 Å². The van der Waals surface area contributed by atoms with Crippen molar-refractivity contribution in [1.29, 1.82) is 0 Å². The molecule has 40 heavy (non-hydrogen) atoms. The van der Waals surface area contributed by atoms with Gasteiger partial charge in [-0.3, -0.25) is 4.84 Å². The Labute approximate surface area is 238 Å². The predicted molar refractivity (Wildman–Crippen MR) is 157 cm³/mol. The van der Waals surface area contributed by atoms with E-state index in [9.17, 15) is 4.79 Å². The van der Waals surface area contributed by atoms with E-state index in [1.165, 1.54) is 11.1 Å². The van der Waals surface area contributed by atoms with Gasteiger partial charge in [0.1, 0.15) is 12.7 Å². The molecule has 6 rings (SSSR count). The highest BCUT2D eigenvalue weighted by atomic mass is 16.7. The Morgan fingerprint density at radius 3 is 2.17 bits per heavy atom. The van der Waals surface area contributed by atoms with Gasteiger partial charge in [-0.2, -0.15) is 5.06 Å². The minimum Gasteiger partial charge on any atom is -0.445 e. The number of rotatable bonds is 8. The van der Waals surface area contributed by atoms with Gasteiger partial charge in [0.25, 0.3) is 0 Å². The number of hydroxylamine groups is 2. The number of hydrogen-bond acceptors (Lipinski definition) is 5. The van der Waals surface area contributed by atoms with E-state index in [0.29, 0.717) is 31.0 Å². The maximum atomic E-state index is 13.0. The Hall–Kier alpha value is -3.19. The van der Waals surface area contributed by atoms with Crippen molar-refractivity contribution in [3.63, 3.8) is 0 Å². The van der Waals surface area contributed by atoms with Gasteiger partial charge >= 0.3 is 6.09 Å². The molecule has 3 aliphatic rings. The molecule has 3 saturated heterocycles. The molecule has 4 atom stereocenters. The second kappa shape index (κ2) is 12.5. The molecule has 1 amide bonds. The van der Waals surface area contributed by atoms with Crippen LogP contribution in [0, 0.1) is 5.92 Å². The molecule has 6 nitrogen and oxygen atoms in total. The molecule has 0 aromatic heterocycles. The molecule has 3 fully saturated rings. The van der Waals surface area contributed by atoms with Crippen molar-refractivity contribution in [3.8, 4) is 0 Å². The lowest BCUT2D eigenvalue weighted by molar-refractivity contribution is -0.152. The van der Waals surface area contributed by atoms with Gasteiger partial charge in [-0.25, -0.2) is 4.79 Å². The Bertz CT molecular complexity index is 1220. The molecular formula is C34H41N3O3. The zero-order chi connectivity index (χ0) is 27.3. The number of nitrogens with zero attached hydrogens (tertiary/aromatic N) is 3. The average Bonchev–Trinajstić information content (AvgIpc) is 3.58. The van der Waals surface area contributed by atoms with Gasteiger partial charge in [0.2, 0.25) is 0 Å². The van der Waals surface area contributed by atoms with E-state index in [1.807, 2.05) is 35.2 Å². The average molecular weight is 540 g/mol. The monoisotopic (exact) mass is 539 g/mol. The first kappa shape index (κ1) is 27.0. The fraction of sp³-hybridized carbons (Fsp3) is 0.441. The lowest BCUT2D eigenvalue weighted by atomic mass is 9.82. The van der Waals surface area contributed by atoms with Crippen LogP contribution in [0.25, 0.3) is 0 Å². The van der Waals surface area contributed by atoms with Crippen molar-refractivity contribution in [3.05, 3.63) is 108 Å². The van der Waals surface area contributed by atoms with Gasteiger partial charge in [0.05, 0.1) is 0 Å². The van der Waals surface area contributed by atoms with E-state index >= 15 is 0 Å². The molecule has 3 aliphatic heterocycles. The fourth-order valence-corrected chi connectivity index (χ4v) is 7.00. The summed E-state index contributed by atoms with van der Waals surface area (Å²) in [5.74, 6) is 0.964. The van der Waals surface area contributed by atoms with Crippen molar-refractivity contribution in [2.75, 3.05) is 32.7 Å². The number of hydrogen-bond donors (Lipinski definition) is 0. The number of amides is 1. The number of benzene rings is 3. The number of carbonyl (C=O) groups excluding carboxylic acids is 1. The number of fused-ring (bicyclic) bond motifs is 1. The molecule has 210 valence electrons. The summed E-state index contributed by atoms with van der Waals surface area (Å²) in [5, 5.41) is 2.29. The lowest BCUT2D eigenvalue weighted by Gasteiger charge is -2.39. The molecule has 1 unspecified atom stereocenters. The summed E-state index contributed by atoms with van der Waals surface area (Å²) in [6.45, 7) is 7.05. The summed E-state index contributed by atoms with van der Waals surface area (Å²) >= 11 is 0. The maximum absolute atomic E-state index is 13.0. The molecule has 0 bridgehead atoms. The molecule has 0 aliphatic carbocycles. The molecule has 6 heteroatoms. The summed E-state index contributed by atoms with van der Waals surface area (Å²) < 4.78 is 5.68. The van der Waals surface area contributed by atoms with Crippen LogP contribution in [0.2, 0.25) is 0 Å². The van der Waals surface area contributed by atoms with Crippen molar-refractivity contribution in [2.24, 2.45) is 5.92 Å². The van der Waals surface area contributed by atoms with Crippen LogP contribution in [0.4, 0.5) is 4.79 Å². The first-order valence-corrected chi connectivity index (χ1v) is 14.9. The summed E-state index contributed by atoms with van der Waals surface area (Å²) in [6, 6.07) is 32.2. The molecular weight excluding hydrogens is 498 g/mol. The van der Waals surface area contributed by atoms with Crippen molar-refractivity contribution in [2.45, 2.75) is 56.9 Å². The molecule has 3 aromatic rings. The SMILES string of the molecule is CCN(C(=O)OCc1ccccc1)C1CCN(CC2[C@@H](c3ccccc3)CN3O[C@H](c4ccccc4)C[C@@H]23)CC1. The standard InChI is InChI=1S/C34H41N3O3/c1-2-36(34(38)39-25-26-12-6-3-7-13-26)29-18-20-35(21-19-29)23-31-30(27-14-8-4-9-15-27)24-37-32(31)22-33(40-37)28-16-10-5-11-17-28/h3-17,29-33H,2,18-25H2,1H3/t30-,31?,32+,33+/m1/s1. The Morgan fingerprint density at radius 1 is 0.900 bits per heavy atom. The van der Waals surface area contributed by atoms with Crippen LogP contribution in [0.1, 0.15) is 54.9 Å². The van der Waals surface area contributed by atoms with E-state index in [0.717, 1.165) is 51.0 Å². The third-order valence-corrected chi connectivity index (χ3v) is 9.12. The molecule has 0 N–H and O–H groups in total. The first-order valence-electron chi connectivity index (χ1n) is 14.9. The number of piperidine rings is 1. The third-order valence-electron chi connectivity index (χ3n) is 9.12. The van der Waals surface area contributed by atoms with E-state index in [2.05, 4.69) is 77.6 Å². The van der Waals surface area contributed by atoms with Crippen LogP contribution in [0.15, 0.2) is 91.0 Å². The predicted octanol–water partition coefficient (Wildman–Crippen LogP) is 6.27. The Balaban J connectivity index is 1.08. The quantitative estimate of drug-likeness (QED) is 0.338. The number of carbonyl (C=O) groups is 1. The van der Waals surface area contributed by atoms with E-state index in [-0.39, 0.29) is 18.2 Å². The zero-order valence-corrected chi connectivity index (χ0v) is 23.5. The van der Waals surface area contributed by atoms with Gasteiger partial charge in [-0.05, 0) is 48.8 Å². The number of likely N-dealkylation sites (tertiary alicyclic amines) is 1. The van der Waals surface area contributed by atoms with Crippen LogP contribution in [0.3, 0.4) is 0 Å². The highest BCUT2D eigenvalue weighted by molar-refractivity contribution is 5.68. The van der Waals surface area contributed by atoms with Crippen LogP contribution in [0.5, 0.6) is 0 Å². The molecule has 0 saturated carbocycles. The number of ether oxygens (including phenoxy) is 1. The third kappa shape index (κ3) is 5.95. The molecule has 3 aromatic carbocycles. The highest BCUT2D eigenvalue weighted by Gasteiger charge is 2.49. The van der Waals surface area contributed by atoms with Gasteiger partial charge in [0.15, 0.2) is 0 Å². The van der Waals surface area contributed by atoms with Gasteiger partial charge in [-0.15, -0.1) is 0 Å². The van der Waals surface area contributed by atoms with Gasteiger partial charge in [0, 0.05) is 50.7 Å². The zero-order valence-electron chi connectivity index (χ0n) is 23.5. The molecule has 3 heterocycles. The summed E-state index contributed by atoms with van der Waals surface area (Å²) in [7, 11) is 0. The Morgan fingerprint density at radius 2 is 1.52 bits per heavy atom. The highest BCUT2D eigenvalue weighted by Crippen LogP contribution is 2.47. The maximum Gasteiger partial charge on any atom is 0.410 e. The molecule has 0 spiro atoms. The van der Waals surface area contributed by atoms with Crippen molar-refractivity contribution >= 4 is 6.09 Å². The minimum atomic E-state index is -0.199. The second-order valence-corrected chi connectivity index (χ2v) is 11.4. The first-order chi connectivity index (χ1) is 19.7. The molecule has 0 radical (unpaired) electrons.